The predicted molar refractivity (Wildman–Crippen MR) is 104 cm³/mol. The molecule has 0 bridgehead atoms. The van der Waals surface area contributed by atoms with Gasteiger partial charge in [0, 0.05) is 10.9 Å². The summed E-state index contributed by atoms with van der Waals surface area (Å²) >= 11 is 9.73. The summed E-state index contributed by atoms with van der Waals surface area (Å²) in [5, 5.41) is 11.8. The number of benzene rings is 2. The number of imidazole rings is 1. The molecule has 0 spiro atoms. The summed E-state index contributed by atoms with van der Waals surface area (Å²) in [5.41, 5.74) is 1.07. The minimum absolute atomic E-state index is 0.0487. The Kier molecular flexibility index (Phi) is 5.45. The number of halogens is 2. The maximum absolute atomic E-state index is 11.7. The fourth-order valence-electron chi connectivity index (χ4n) is 2.99. The lowest BCUT2D eigenvalue weighted by molar-refractivity contribution is 0.0685. The highest BCUT2D eigenvalue weighted by atomic mass is 79.9. The number of hydrogen-bond acceptors (Lipinski definition) is 2. The first-order valence-electron chi connectivity index (χ1n) is 8.17. The summed E-state index contributed by atoms with van der Waals surface area (Å²) < 4.78 is 2.67. The van der Waals surface area contributed by atoms with Gasteiger partial charge >= 0.3 is 5.97 Å². The first-order valence-corrected chi connectivity index (χ1v) is 9.34. The van der Waals surface area contributed by atoms with E-state index in [0.29, 0.717) is 18.8 Å². The standard InChI is InChI=1S/C19H18BrClN2O2/c1-2-3-8-16-22-18(21)17(19(24)25)23(16)11-14-13-7-5-4-6-12(13)9-10-15(14)20/h4-7,9-10H,2-3,8,11H2,1H3,(H,24,25). The third-order valence-electron chi connectivity index (χ3n) is 4.26. The second kappa shape index (κ2) is 7.58. The predicted octanol–water partition coefficient (Wildman–Crippen LogP) is 5.54. The molecular weight excluding hydrogens is 404 g/mol. The minimum atomic E-state index is -1.06. The largest absolute Gasteiger partial charge is 0.476 e. The van der Waals surface area contributed by atoms with Crippen molar-refractivity contribution in [2.45, 2.75) is 32.7 Å². The second-order valence-corrected chi connectivity index (χ2v) is 7.12. The molecule has 0 saturated carbocycles. The van der Waals surface area contributed by atoms with Crippen molar-refractivity contribution in [3.8, 4) is 0 Å². The van der Waals surface area contributed by atoms with Crippen molar-refractivity contribution in [1.29, 1.82) is 0 Å². The van der Waals surface area contributed by atoms with E-state index in [2.05, 4.69) is 27.8 Å². The molecule has 0 saturated heterocycles. The molecule has 0 aliphatic rings. The quantitative estimate of drug-likeness (QED) is 0.568. The van der Waals surface area contributed by atoms with Gasteiger partial charge in [-0.05, 0) is 28.8 Å². The molecule has 3 rings (SSSR count). The van der Waals surface area contributed by atoms with E-state index < -0.39 is 5.97 Å². The van der Waals surface area contributed by atoms with Gasteiger partial charge in [-0.1, -0.05) is 71.2 Å². The lowest BCUT2D eigenvalue weighted by atomic mass is 10.0. The van der Waals surface area contributed by atoms with Crippen LogP contribution in [0.1, 0.15) is 41.6 Å². The molecule has 1 heterocycles. The maximum Gasteiger partial charge on any atom is 0.355 e. The molecule has 1 aromatic heterocycles. The van der Waals surface area contributed by atoms with E-state index in [9.17, 15) is 9.90 Å². The summed E-state index contributed by atoms with van der Waals surface area (Å²) in [5.74, 6) is -0.347. The molecule has 1 N–H and O–H groups in total. The van der Waals surface area contributed by atoms with E-state index >= 15 is 0 Å². The molecule has 25 heavy (non-hydrogen) atoms. The highest BCUT2D eigenvalue weighted by molar-refractivity contribution is 9.10. The molecule has 6 heteroatoms. The lowest BCUT2D eigenvalue weighted by Crippen LogP contribution is -2.13. The smallest absolute Gasteiger partial charge is 0.355 e. The van der Waals surface area contributed by atoms with Crippen LogP contribution in [0.5, 0.6) is 0 Å². The van der Waals surface area contributed by atoms with Crippen LogP contribution < -0.4 is 0 Å². The second-order valence-electron chi connectivity index (χ2n) is 5.91. The van der Waals surface area contributed by atoms with Crippen molar-refractivity contribution in [3.05, 3.63) is 63.1 Å². The molecule has 2 aromatic carbocycles. The van der Waals surface area contributed by atoms with Crippen molar-refractivity contribution in [2.75, 3.05) is 0 Å². The Morgan fingerprint density at radius 1 is 1.28 bits per heavy atom. The number of aromatic carboxylic acids is 1. The van der Waals surface area contributed by atoms with Crippen molar-refractivity contribution in [2.24, 2.45) is 0 Å². The fourth-order valence-corrected chi connectivity index (χ4v) is 3.75. The van der Waals surface area contributed by atoms with Crippen LogP contribution in [0.3, 0.4) is 0 Å². The van der Waals surface area contributed by atoms with Crippen LogP contribution in [0.4, 0.5) is 0 Å². The van der Waals surface area contributed by atoms with Gasteiger partial charge in [0.15, 0.2) is 10.8 Å². The summed E-state index contributed by atoms with van der Waals surface area (Å²) in [6, 6.07) is 12.1. The van der Waals surface area contributed by atoms with Crippen molar-refractivity contribution in [3.63, 3.8) is 0 Å². The normalized spacial score (nSPS) is 11.2. The molecular formula is C19H18BrClN2O2. The zero-order valence-electron chi connectivity index (χ0n) is 13.8. The van der Waals surface area contributed by atoms with Gasteiger partial charge in [-0.3, -0.25) is 0 Å². The third kappa shape index (κ3) is 3.58. The van der Waals surface area contributed by atoms with Gasteiger partial charge in [-0.15, -0.1) is 0 Å². The molecule has 0 aliphatic heterocycles. The Bertz CT molecular complexity index is 937. The number of nitrogens with zero attached hydrogens (tertiary/aromatic N) is 2. The third-order valence-corrected chi connectivity index (χ3v) is 5.27. The fraction of sp³-hybridized carbons (Fsp3) is 0.263. The summed E-state index contributed by atoms with van der Waals surface area (Å²) in [7, 11) is 0. The Morgan fingerprint density at radius 3 is 2.76 bits per heavy atom. The van der Waals surface area contributed by atoms with Gasteiger partial charge in [-0.25, -0.2) is 9.78 Å². The number of carboxylic acid groups (broad SMARTS) is 1. The Labute approximate surface area is 159 Å². The zero-order chi connectivity index (χ0) is 18.0. The lowest BCUT2D eigenvalue weighted by Gasteiger charge is -2.14. The summed E-state index contributed by atoms with van der Waals surface area (Å²) in [4.78, 5) is 16.0. The zero-order valence-corrected chi connectivity index (χ0v) is 16.1. The van der Waals surface area contributed by atoms with Gasteiger partial charge in [0.25, 0.3) is 0 Å². The molecule has 0 amide bonds. The number of fused-ring (bicyclic) bond motifs is 1. The Hall–Kier alpha value is -1.85. The van der Waals surface area contributed by atoms with Gasteiger partial charge in [-0.2, -0.15) is 0 Å². The van der Waals surface area contributed by atoms with Crippen LogP contribution in [0, 0.1) is 0 Å². The van der Waals surface area contributed by atoms with E-state index in [1.807, 2.05) is 36.4 Å². The number of hydrogen-bond donors (Lipinski definition) is 1. The number of unbranched alkanes of at least 4 members (excludes halogenated alkanes) is 1. The molecule has 0 unspecified atom stereocenters. The highest BCUT2D eigenvalue weighted by Crippen LogP contribution is 2.29. The molecule has 0 radical (unpaired) electrons. The van der Waals surface area contributed by atoms with Gasteiger partial charge in [0.05, 0.1) is 6.54 Å². The number of carbonyl (C=O) groups is 1. The van der Waals surface area contributed by atoms with Crippen molar-refractivity contribution < 1.29 is 9.90 Å². The summed E-state index contributed by atoms with van der Waals surface area (Å²) in [6.07, 6.45) is 2.64. The molecule has 4 nitrogen and oxygen atoms in total. The average molecular weight is 422 g/mol. The van der Waals surface area contributed by atoms with Crippen LogP contribution in [-0.4, -0.2) is 20.6 Å². The van der Waals surface area contributed by atoms with Gasteiger partial charge < -0.3 is 9.67 Å². The average Bonchev–Trinajstić information content (AvgIpc) is 2.91. The van der Waals surface area contributed by atoms with Crippen LogP contribution >= 0.6 is 27.5 Å². The van der Waals surface area contributed by atoms with E-state index in [-0.39, 0.29) is 10.8 Å². The highest BCUT2D eigenvalue weighted by Gasteiger charge is 2.22. The van der Waals surface area contributed by atoms with Gasteiger partial charge in [0.1, 0.15) is 5.82 Å². The van der Waals surface area contributed by atoms with E-state index in [1.54, 1.807) is 4.57 Å². The first kappa shape index (κ1) is 18.0. The maximum atomic E-state index is 11.7. The summed E-state index contributed by atoms with van der Waals surface area (Å²) in [6.45, 7) is 2.50. The Balaban J connectivity index is 2.14. The Morgan fingerprint density at radius 2 is 2.04 bits per heavy atom. The number of rotatable bonds is 6. The van der Waals surface area contributed by atoms with Crippen molar-refractivity contribution >= 4 is 44.3 Å². The van der Waals surface area contributed by atoms with E-state index in [0.717, 1.165) is 33.7 Å². The first-order chi connectivity index (χ1) is 12.0. The van der Waals surface area contributed by atoms with Crippen LogP contribution in [0.2, 0.25) is 5.15 Å². The minimum Gasteiger partial charge on any atom is -0.476 e. The van der Waals surface area contributed by atoms with Crippen molar-refractivity contribution in [1.82, 2.24) is 9.55 Å². The molecule has 0 fully saturated rings. The molecule has 3 aromatic rings. The van der Waals surface area contributed by atoms with E-state index in [4.69, 9.17) is 11.6 Å². The van der Waals surface area contributed by atoms with E-state index in [1.165, 1.54) is 0 Å². The molecule has 130 valence electrons. The van der Waals surface area contributed by atoms with Crippen LogP contribution in [0.25, 0.3) is 10.8 Å². The number of aryl methyl sites for hydroxylation is 1. The molecule has 0 atom stereocenters. The molecule has 0 aliphatic carbocycles. The number of carboxylic acids is 1. The monoisotopic (exact) mass is 420 g/mol. The topological polar surface area (TPSA) is 55.1 Å². The van der Waals surface area contributed by atoms with Crippen LogP contribution in [0.15, 0.2) is 40.9 Å². The van der Waals surface area contributed by atoms with Crippen LogP contribution in [-0.2, 0) is 13.0 Å². The number of aromatic nitrogens is 2. The SMILES string of the molecule is CCCCc1nc(Cl)c(C(=O)O)n1Cc1c(Br)ccc2ccccc12. The van der Waals surface area contributed by atoms with Gasteiger partial charge in [0.2, 0.25) is 0 Å².